The highest BCUT2D eigenvalue weighted by Gasteiger charge is 2.25. The number of aryl methyl sites for hydroxylation is 1. The molecule has 0 saturated carbocycles. The fourth-order valence-corrected chi connectivity index (χ4v) is 4.11. The van der Waals surface area contributed by atoms with Crippen LogP contribution in [-0.4, -0.2) is 61.9 Å². The highest BCUT2D eigenvalue weighted by molar-refractivity contribution is 9.10. The topological polar surface area (TPSA) is 82.9 Å². The highest BCUT2D eigenvalue weighted by atomic mass is 79.9. The molecule has 3 N–H and O–H groups in total. The van der Waals surface area contributed by atoms with Gasteiger partial charge in [-0.2, -0.15) is 0 Å². The number of hydrogen-bond acceptors (Lipinski definition) is 4. The number of hydrogen-bond donors (Lipinski definition) is 3. The summed E-state index contributed by atoms with van der Waals surface area (Å²) in [4.78, 5) is 40.4. The summed E-state index contributed by atoms with van der Waals surface area (Å²) in [6.07, 6.45) is 0. The van der Waals surface area contributed by atoms with Crippen LogP contribution in [0.3, 0.4) is 0 Å². The van der Waals surface area contributed by atoms with E-state index in [0.29, 0.717) is 25.3 Å². The van der Waals surface area contributed by atoms with Crippen LogP contribution in [0.4, 0.5) is 5.69 Å². The second kappa shape index (κ2) is 10.00. The van der Waals surface area contributed by atoms with Crippen molar-refractivity contribution >= 4 is 50.7 Å². The summed E-state index contributed by atoms with van der Waals surface area (Å²) in [5, 5.41) is 7.19. The lowest BCUT2D eigenvalue weighted by Gasteiger charge is -2.32. The molecule has 0 atom stereocenters. The molecule has 1 fully saturated rings. The molecule has 2 heterocycles. The average molecular weight is 480 g/mol. The Bertz CT molecular complexity index is 880. The summed E-state index contributed by atoms with van der Waals surface area (Å²) in [6, 6.07) is 9.10. The molecule has 0 bridgehead atoms. The van der Waals surface area contributed by atoms with Gasteiger partial charge in [-0.05, 0) is 42.1 Å². The summed E-state index contributed by atoms with van der Waals surface area (Å²) < 4.78 is 0.945. The molecular weight excluding hydrogens is 456 g/mol. The first-order valence-electron chi connectivity index (χ1n) is 9.45. The van der Waals surface area contributed by atoms with Gasteiger partial charge >= 0.3 is 11.8 Å². The van der Waals surface area contributed by atoms with Crippen molar-refractivity contribution in [3.8, 4) is 0 Å². The third-order valence-corrected chi connectivity index (χ3v) is 6.62. The maximum atomic E-state index is 12.4. The summed E-state index contributed by atoms with van der Waals surface area (Å²) >= 11 is 4.86. The highest BCUT2D eigenvalue weighted by Crippen LogP contribution is 2.19. The Balaban J connectivity index is 1.36. The first kappa shape index (κ1) is 21.5. The standard InChI is InChI=1S/C20H23BrN4O3S/c1-14-13-15(4-5-16(14)21)23-19(27)18(26)22-6-7-24-8-10-25(11-9-24)20(28)17-3-2-12-29-17/h2-5,12-13H,6-11H2,1H3,(H,22,26)(H,23,27)/p+1. The molecule has 29 heavy (non-hydrogen) atoms. The number of rotatable bonds is 5. The monoisotopic (exact) mass is 479 g/mol. The maximum Gasteiger partial charge on any atom is 0.313 e. The van der Waals surface area contributed by atoms with Gasteiger partial charge in [0.25, 0.3) is 5.91 Å². The van der Waals surface area contributed by atoms with Crippen molar-refractivity contribution in [2.75, 3.05) is 44.6 Å². The maximum absolute atomic E-state index is 12.4. The number of halogens is 1. The van der Waals surface area contributed by atoms with E-state index < -0.39 is 11.8 Å². The molecule has 154 valence electrons. The van der Waals surface area contributed by atoms with Gasteiger partial charge in [-0.25, -0.2) is 0 Å². The molecule has 2 aromatic rings. The minimum Gasteiger partial charge on any atom is -0.342 e. The van der Waals surface area contributed by atoms with E-state index in [-0.39, 0.29) is 5.91 Å². The first-order valence-corrected chi connectivity index (χ1v) is 11.1. The lowest BCUT2D eigenvalue weighted by Crippen LogP contribution is -3.15. The Morgan fingerprint density at radius 2 is 1.93 bits per heavy atom. The predicted octanol–water partition coefficient (Wildman–Crippen LogP) is 0.915. The molecule has 1 aliphatic heterocycles. The normalized spacial score (nSPS) is 14.5. The quantitative estimate of drug-likeness (QED) is 0.557. The molecule has 3 amide bonds. The molecule has 3 rings (SSSR count). The van der Waals surface area contributed by atoms with Gasteiger partial charge in [-0.15, -0.1) is 11.3 Å². The zero-order valence-corrected chi connectivity index (χ0v) is 18.6. The van der Waals surface area contributed by atoms with Crippen molar-refractivity contribution in [2.45, 2.75) is 6.92 Å². The number of quaternary nitrogens is 1. The van der Waals surface area contributed by atoms with Crippen LogP contribution < -0.4 is 15.5 Å². The number of amides is 3. The second-order valence-electron chi connectivity index (χ2n) is 6.94. The van der Waals surface area contributed by atoms with Crippen LogP contribution in [0.1, 0.15) is 15.2 Å². The number of piperazine rings is 1. The molecule has 0 spiro atoms. The van der Waals surface area contributed by atoms with Crippen molar-refractivity contribution in [2.24, 2.45) is 0 Å². The van der Waals surface area contributed by atoms with E-state index in [1.165, 1.54) is 16.2 Å². The van der Waals surface area contributed by atoms with Gasteiger partial charge in [0.15, 0.2) is 0 Å². The van der Waals surface area contributed by atoms with E-state index >= 15 is 0 Å². The minimum absolute atomic E-state index is 0.0900. The Kier molecular flexibility index (Phi) is 7.40. The molecule has 1 aliphatic rings. The number of carbonyl (C=O) groups excluding carboxylic acids is 3. The Morgan fingerprint density at radius 3 is 2.59 bits per heavy atom. The Labute approximate surface area is 182 Å². The fraction of sp³-hybridized carbons (Fsp3) is 0.350. The van der Waals surface area contributed by atoms with E-state index in [9.17, 15) is 14.4 Å². The summed E-state index contributed by atoms with van der Waals surface area (Å²) in [6.45, 7) is 6.11. The van der Waals surface area contributed by atoms with Crippen LogP contribution >= 0.6 is 27.3 Å². The van der Waals surface area contributed by atoms with Gasteiger partial charge in [-0.1, -0.05) is 22.0 Å². The van der Waals surface area contributed by atoms with Gasteiger partial charge in [0.1, 0.15) is 0 Å². The molecule has 1 aromatic heterocycles. The van der Waals surface area contributed by atoms with E-state index in [0.717, 1.165) is 34.5 Å². The summed E-state index contributed by atoms with van der Waals surface area (Å²) in [5.74, 6) is -1.23. The van der Waals surface area contributed by atoms with E-state index in [1.54, 1.807) is 12.1 Å². The lowest BCUT2D eigenvalue weighted by atomic mass is 10.2. The third kappa shape index (κ3) is 5.88. The van der Waals surface area contributed by atoms with Gasteiger partial charge < -0.3 is 20.4 Å². The number of nitrogens with one attached hydrogen (secondary N) is 3. The number of anilines is 1. The minimum atomic E-state index is -0.673. The SMILES string of the molecule is Cc1cc(NC(=O)C(=O)NCC[NH+]2CCN(C(=O)c3cccs3)CC2)ccc1Br. The molecule has 9 heteroatoms. The fourth-order valence-electron chi connectivity index (χ4n) is 3.18. The molecule has 0 aliphatic carbocycles. The zero-order chi connectivity index (χ0) is 20.8. The smallest absolute Gasteiger partial charge is 0.313 e. The van der Waals surface area contributed by atoms with Gasteiger partial charge in [0.05, 0.1) is 44.1 Å². The molecule has 1 saturated heterocycles. The Hall–Kier alpha value is -2.23. The van der Waals surface area contributed by atoms with Crippen molar-refractivity contribution in [3.63, 3.8) is 0 Å². The summed E-state index contributed by atoms with van der Waals surface area (Å²) in [7, 11) is 0. The van der Waals surface area contributed by atoms with Crippen LogP contribution in [0.25, 0.3) is 0 Å². The number of carbonyl (C=O) groups is 3. The van der Waals surface area contributed by atoms with Crippen LogP contribution in [0.2, 0.25) is 0 Å². The number of benzene rings is 1. The Morgan fingerprint density at radius 1 is 1.17 bits per heavy atom. The summed E-state index contributed by atoms with van der Waals surface area (Å²) in [5.41, 5.74) is 1.56. The van der Waals surface area contributed by atoms with Crippen LogP contribution in [0.15, 0.2) is 40.2 Å². The largest absolute Gasteiger partial charge is 0.342 e. The third-order valence-electron chi connectivity index (χ3n) is 4.88. The van der Waals surface area contributed by atoms with Crippen molar-refractivity contribution < 1.29 is 19.3 Å². The van der Waals surface area contributed by atoms with Gasteiger partial charge in [-0.3, -0.25) is 14.4 Å². The first-order chi connectivity index (χ1) is 13.9. The zero-order valence-electron chi connectivity index (χ0n) is 16.2. The molecular formula is C20H24BrN4O3S+. The molecule has 7 nitrogen and oxygen atoms in total. The van der Waals surface area contributed by atoms with Crippen molar-refractivity contribution in [1.82, 2.24) is 10.2 Å². The van der Waals surface area contributed by atoms with Gasteiger partial charge in [0, 0.05) is 10.2 Å². The van der Waals surface area contributed by atoms with Crippen LogP contribution in [-0.2, 0) is 9.59 Å². The lowest BCUT2D eigenvalue weighted by molar-refractivity contribution is -0.902. The predicted molar refractivity (Wildman–Crippen MR) is 116 cm³/mol. The average Bonchev–Trinajstić information content (AvgIpc) is 3.25. The van der Waals surface area contributed by atoms with Gasteiger partial charge in [0.2, 0.25) is 0 Å². The number of thiophene rings is 1. The molecule has 1 aromatic carbocycles. The van der Waals surface area contributed by atoms with E-state index in [2.05, 4.69) is 26.6 Å². The van der Waals surface area contributed by atoms with E-state index in [1.807, 2.05) is 35.4 Å². The van der Waals surface area contributed by atoms with Crippen LogP contribution in [0, 0.1) is 6.92 Å². The van der Waals surface area contributed by atoms with Crippen molar-refractivity contribution in [1.29, 1.82) is 0 Å². The second-order valence-corrected chi connectivity index (χ2v) is 8.75. The van der Waals surface area contributed by atoms with E-state index in [4.69, 9.17) is 0 Å². The molecule has 0 unspecified atom stereocenters. The van der Waals surface area contributed by atoms with Crippen LogP contribution in [0.5, 0.6) is 0 Å². The number of nitrogens with zero attached hydrogens (tertiary/aromatic N) is 1. The van der Waals surface area contributed by atoms with Crippen molar-refractivity contribution in [3.05, 3.63) is 50.6 Å². The molecule has 0 radical (unpaired) electrons.